The van der Waals surface area contributed by atoms with Gasteiger partial charge in [0.25, 0.3) is 0 Å². The third kappa shape index (κ3) is 2.46. The quantitative estimate of drug-likeness (QED) is 0.594. The van der Waals surface area contributed by atoms with Gasteiger partial charge >= 0.3 is 5.97 Å². The molecule has 0 bridgehead atoms. The Morgan fingerprint density at radius 3 is 3.00 bits per heavy atom. The van der Waals surface area contributed by atoms with E-state index in [2.05, 4.69) is 5.32 Å². The van der Waals surface area contributed by atoms with Crippen molar-refractivity contribution in [1.82, 2.24) is 5.32 Å². The lowest BCUT2D eigenvalue weighted by Gasteiger charge is -2.26. The number of rotatable bonds is 2. The van der Waals surface area contributed by atoms with Crippen molar-refractivity contribution in [3.63, 3.8) is 0 Å². The van der Waals surface area contributed by atoms with Gasteiger partial charge in [0.2, 0.25) is 0 Å². The molecule has 0 aromatic heterocycles. The standard InChI is InChI=1S/C8H15NO3/c1-3-11-8(10)7-4-9-6(2)5-12-7/h6-7,9H,3-5H2,1-2H3/t6-,7-/m1/s1. The Hall–Kier alpha value is -0.610. The largest absolute Gasteiger partial charge is 0.464 e. The predicted octanol–water partition coefficient (Wildman–Crippen LogP) is -0.0736. The van der Waals surface area contributed by atoms with Gasteiger partial charge in [-0.25, -0.2) is 4.79 Å². The van der Waals surface area contributed by atoms with Crippen LogP contribution in [0.4, 0.5) is 0 Å². The van der Waals surface area contributed by atoms with Crippen molar-refractivity contribution in [3.8, 4) is 0 Å². The van der Waals surface area contributed by atoms with Crippen LogP contribution < -0.4 is 5.32 Å². The van der Waals surface area contributed by atoms with Crippen LogP contribution in [0.15, 0.2) is 0 Å². The van der Waals surface area contributed by atoms with Gasteiger partial charge in [-0.3, -0.25) is 0 Å². The lowest BCUT2D eigenvalue weighted by molar-refractivity contribution is -0.159. The fourth-order valence-electron chi connectivity index (χ4n) is 1.07. The molecule has 0 aromatic rings. The molecular formula is C8H15NO3. The van der Waals surface area contributed by atoms with Gasteiger partial charge in [-0.05, 0) is 13.8 Å². The average molecular weight is 173 g/mol. The molecule has 1 fully saturated rings. The molecular weight excluding hydrogens is 158 g/mol. The van der Waals surface area contributed by atoms with Crippen LogP contribution in [-0.2, 0) is 14.3 Å². The molecule has 0 aliphatic carbocycles. The maximum atomic E-state index is 11.1. The van der Waals surface area contributed by atoms with Crippen molar-refractivity contribution in [2.75, 3.05) is 19.8 Å². The van der Waals surface area contributed by atoms with E-state index in [1.165, 1.54) is 0 Å². The number of carbonyl (C=O) groups is 1. The van der Waals surface area contributed by atoms with Crippen LogP contribution in [0.25, 0.3) is 0 Å². The van der Waals surface area contributed by atoms with E-state index >= 15 is 0 Å². The molecule has 1 rings (SSSR count). The first kappa shape index (κ1) is 9.48. The maximum Gasteiger partial charge on any atom is 0.336 e. The first-order chi connectivity index (χ1) is 5.74. The van der Waals surface area contributed by atoms with Crippen LogP contribution in [0.1, 0.15) is 13.8 Å². The molecule has 1 aliphatic rings. The van der Waals surface area contributed by atoms with E-state index in [0.717, 1.165) is 0 Å². The highest BCUT2D eigenvalue weighted by Crippen LogP contribution is 2.02. The Bertz CT molecular complexity index is 152. The number of hydrogen-bond acceptors (Lipinski definition) is 4. The highest BCUT2D eigenvalue weighted by atomic mass is 16.6. The smallest absolute Gasteiger partial charge is 0.336 e. The Morgan fingerprint density at radius 1 is 1.75 bits per heavy atom. The van der Waals surface area contributed by atoms with Crippen molar-refractivity contribution in [3.05, 3.63) is 0 Å². The summed E-state index contributed by atoms with van der Waals surface area (Å²) in [4.78, 5) is 11.1. The van der Waals surface area contributed by atoms with Gasteiger partial charge in [0.05, 0.1) is 13.2 Å². The first-order valence-electron chi connectivity index (χ1n) is 4.25. The molecule has 0 amide bonds. The maximum absolute atomic E-state index is 11.1. The van der Waals surface area contributed by atoms with E-state index in [-0.39, 0.29) is 5.97 Å². The normalized spacial score (nSPS) is 29.8. The van der Waals surface area contributed by atoms with E-state index in [4.69, 9.17) is 9.47 Å². The number of hydrogen-bond donors (Lipinski definition) is 1. The molecule has 0 unspecified atom stereocenters. The van der Waals surface area contributed by atoms with Gasteiger partial charge in [0.1, 0.15) is 0 Å². The van der Waals surface area contributed by atoms with Crippen molar-refractivity contribution >= 4 is 5.97 Å². The zero-order chi connectivity index (χ0) is 8.97. The topological polar surface area (TPSA) is 47.6 Å². The van der Waals surface area contributed by atoms with Gasteiger partial charge < -0.3 is 14.8 Å². The molecule has 12 heavy (non-hydrogen) atoms. The number of esters is 1. The van der Waals surface area contributed by atoms with Crippen LogP contribution >= 0.6 is 0 Å². The SMILES string of the molecule is CCOC(=O)[C@H]1CN[C@H](C)CO1. The van der Waals surface area contributed by atoms with Crippen LogP contribution in [-0.4, -0.2) is 37.9 Å². The first-order valence-corrected chi connectivity index (χ1v) is 4.25. The third-order valence-electron chi connectivity index (χ3n) is 1.75. The zero-order valence-electron chi connectivity index (χ0n) is 7.50. The molecule has 0 saturated carbocycles. The summed E-state index contributed by atoms with van der Waals surface area (Å²) in [6.07, 6.45) is -0.416. The van der Waals surface area contributed by atoms with Gasteiger partial charge in [-0.1, -0.05) is 0 Å². The van der Waals surface area contributed by atoms with Crippen LogP contribution in [0.3, 0.4) is 0 Å². The summed E-state index contributed by atoms with van der Waals surface area (Å²) < 4.78 is 10.1. The monoisotopic (exact) mass is 173 g/mol. The van der Waals surface area contributed by atoms with Gasteiger partial charge in [-0.2, -0.15) is 0 Å². The van der Waals surface area contributed by atoms with E-state index in [9.17, 15) is 4.79 Å². The summed E-state index contributed by atoms with van der Waals surface area (Å²) in [5.74, 6) is -0.267. The second-order valence-corrected chi connectivity index (χ2v) is 2.88. The molecule has 70 valence electrons. The summed E-state index contributed by atoms with van der Waals surface area (Å²) >= 11 is 0. The number of ether oxygens (including phenoxy) is 2. The minimum absolute atomic E-state index is 0.267. The fourth-order valence-corrected chi connectivity index (χ4v) is 1.07. The Morgan fingerprint density at radius 2 is 2.50 bits per heavy atom. The van der Waals surface area contributed by atoms with Crippen molar-refractivity contribution < 1.29 is 14.3 Å². The van der Waals surface area contributed by atoms with Crippen molar-refractivity contribution in [2.45, 2.75) is 26.0 Å². The molecule has 4 nitrogen and oxygen atoms in total. The summed E-state index contributed by atoms with van der Waals surface area (Å²) in [5, 5.41) is 3.15. The summed E-state index contributed by atoms with van der Waals surface area (Å²) in [6, 6.07) is 0.329. The van der Waals surface area contributed by atoms with Gasteiger partial charge in [0, 0.05) is 12.6 Å². The number of nitrogens with one attached hydrogen (secondary N) is 1. The molecule has 1 saturated heterocycles. The zero-order valence-corrected chi connectivity index (χ0v) is 7.50. The third-order valence-corrected chi connectivity index (χ3v) is 1.75. The lowest BCUT2D eigenvalue weighted by Crippen LogP contribution is -2.48. The van der Waals surface area contributed by atoms with Gasteiger partial charge in [0.15, 0.2) is 6.10 Å². The Kier molecular flexibility index (Phi) is 3.49. The fraction of sp³-hybridized carbons (Fsp3) is 0.875. The summed E-state index contributed by atoms with van der Waals surface area (Å²) in [7, 11) is 0. The second kappa shape index (κ2) is 4.42. The Balaban J connectivity index is 2.29. The van der Waals surface area contributed by atoms with E-state index in [1.54, 1.807) is 6.92 Å². The van der Waals surface area contributed by atoms with E-state index < -0.39 is 6.10 Å². The predicted molar refractivity (Wildman–Crippen MR) is 43.8 cm³/mol. The number of morpholine rings is 1. The summed E-state index contributed by atoms with van der Waals surface area (Å²) in [5.41, 5.74) is 0. The van der Waals surface area contributed by atoms with Crippen LogP contribution in [0.2, 0.25) is 0 Å². The van der Waals surface area contributed by atoms with Crippen molar-refractivity contribution in [2.24, 2.45) is 0 Å². The summed E-state index contributed by atoms with van der Waals surface area (Å²) in [6.45, 7) is 5.34. The molecule has 4 heteroatoms. The molecule has 0 spiro atoms. The lowest BCUT2D eigenvalue weighted by atomic mass is 10.2. The number of carbonyl (C=O) groups excluding carboxylic acids is 1. The molecule has 0 aromatic carbocycles. The molecule has 2 atom stereocenters. The molecule has 0 radical (unpaired) electrons. The minimum atomic E-state index is -0.416. The second-order valence-electron chi connectivity index (χ2n) is 2.88. The molecule has 1 N–H and O–H groups in total. The Labute approximate surface area is 72.2 Å². The average Bonchev–Trinajstić information content (AvgIpc) is 2.06. The molecule has 1 aliphatic heterocycles. The van der Waals surface area contributed by atoms with Crippen LogP contribution in [0, 0.1) is 0 Å². The van der Waals surface area contributed by atoms with Crippen molar-refractivity contribution in [1.29, 1.82) is 0 Å². The van der Waals surface area contributed by atoms with E-state index in [0.29, 0.717) is 25.8 Å². The highest BCUT2D eigenvalue weighted by molar-refractivity contribution is 5.75. The van der Waals surface area contributed by atoms with Crippen LogP contribution in [0.5, 0.6) is 0 Å². The van der Waals surface area contributed by atoms with E-state index in [1.807, 2.05) is 6.92 Å². The highest BCUT2D eigenvalue weighted by Gasteiger charge is 2.25. The van der Waals surface area contributed by atoms with Gasteiger partial charge in [-0.15, -0.1) is 0 Å². The molecule has 1 heterocycles. The minimum Gasteiger partial charge on any atom is -0.464 e.